The first-order valence-electron chi connectivity index (χ1n) is 5.99. The molecule has 3 N–H and O–H groups in total. The van der Waals surface area contributed by atoms with Gasteiger partial charge in [0, 0.05) is 3.57 Å². The van der Waals surface area contributed by atoms with Crippen molar-refractivity contribution < 1.29 is 19.8 Å². The van der Waals surface area contributed by atoms with Gasteiger partial charge in [-0.25, -0.2) is 4.79 Å². The first-order chi connectivity index (χ1) is 9.27. The molecule has 0 aliphatic heterocycles. The molecule has 1 rings (SSSR count). The fourth-order valence-electron chi connectivity index (χ4n) is 1.64. The van der Waals surface area contributed by atoms with Crippen molar-refractivity contribution in [3.8, 4) is 5.75 Å². The number of carbonyl (C=O) groups excluding carboxylic acids is 1. The second-order valence-corrected chi connectivity index (χ2v) is 6.87. The van der Waals surface area contributed by atoms with E-state index in [0.717, 1.165) is 3.57 Å². The third-order valence-electron chi connectivity index (χ3n) is 3.04. The van der Waals surface area contributed by atoms with Gasteiger partial charge in [-0.1, -0.05) is 20.3 Å². The smallest absolute Gasteiger partial charge is 0.326 e. The monoisotopic (exact) mass is 503 g/mol. The fourth-order valence-corrected chi connectivity index (χ4v) is 3.49. The topological polar surface area (TPSA) is 86.6 Å². The highest BCUT2D eigenvalue weighted by atomic mass is 127. The highest BCUT2D eigenvalue weighted by molar-refractivity contribution is 14.1. The summed E-state index contributed by atoms with van der Waals surface area (Å²) in [6.45, 7) is 3.62. The zero-order valence-corrected chi connectivity index (χ0v) is 15.3. The molecule has 1 aromatic rings. The number of hydrogen-bond acceptors (Lipinski definition) is 3. The van der Waals surface area contributed by atoms with Crippen molar-refractivity contribution in [3.05, 3.63) is 24.8 Å². The first-order valence-corrected chi connectivity index (χ1v) is 8.15. The van der Waals surface area contributed by atoms with Gasteiger partial charge in [0.25, 0.3) is 5.91 Å². The fraction of sp³-hybridized carbons (Fsp3) is 0.385. The van der Waals surface area contributed by atoms with Gasteiger partial charge >= 0.3 is 5.97 Å². The second-order valence-electron chi connectivity index (χ2n) is 4.46. The van der Waals surface area contributed by atoms with E-state index in [1.165, 1.54) is 6.07 Å². The lowest BCUT2D eigenvalue weighted by atomic mass is 9.99. The maximum Gasteiger partial charge on any atom is 0.326 e. The standard InChI is InChI=1S/C13H15I2NO4/c1-3-6(2)10(13(19)20)16-12(18)8-4-7(14)5-9(15)11(8)17/h4-6,10,17H,3H2,1-2H3,(H,16,18)(H,19,20). The molecule has 2 atom stereocenters. The third kappa shape index (κ3) is 4.21. The second kappa shape index (κ2) is 7.43. The number of benzene rings is 1. The van der Waals surface area contributed by atoms with E-state index in [0.29, 0.717) is 9.99 Å². The normalized spacial score (nSPS) is 13.6. The SMILES string of the molecule is CCC(C)C(NC(=O)c1cc(I)cc(I)c1O)C(=O)O. The number of aliphatic carboxylic acids is 1. The minimum atomic E-state index is -1.08. The Kier molecular flexibility index (Phi) is 6.49. The lowest BCUT2D eigenvalue weighted by molar-refractivity contribution is -0.140. The van der Waals surface area contributed by atoms with E-state index in [2.05, 4.69) is 5.32 Å². The van der Waals surface area contributed by atoms with Gasteiger partial charge in [-0.3, -0.25) is 4.79 Å². The lowest BCUT2D eigenvalue weighted by Gasteiger charge is -2.20. The van der Waals surface area contributed by atoms with Crippen LogP contribution >= 0.6 is 45.2 Å². The van der Waals surface area contributed by atoms with E-state index in [1.807, 2.05) is 52.1 Å². The van der Waals surface area contributed by atoms with E-state index in [1.54, 1.807) is 13.0 Å². The van der Waals surface area contributed by atoms with Crippen LogP contribution in [0.25, 0.3) is 0 Å². The third-order valence-corrected chi connectivity index (χ3v) is 4.48. The summed E-state index contributed by atoms with van der Waals surface area (Å²) in [5, 5.41) is 21.6. The minimum Gasteiger partial charge on any atom is -0.506 e. The predicted octanol–water partition coefficient (Wildman–Crippen LogP) is 2.83. The molecule has 0 saturated carbocycles. The van der Waals surface area contributed by atoms with Crippen LogP contribution in [0.3, 0.4) is 0 Å². The summed E-state index contributed by atoms with van der Waals surface area (Å²) >= 11 is 3.96. The molecule has 1 aromatic carbocycles. The van der Waals surface area contributed by atoms with Gasteiger partial charge in [-0.2, -0.15) is 0 Å². The van der Waals surface area contributed by atoms with Crippen molar-refractivity contribution in [2.45, 2.75) is 26.3 Å². The number of hydrogen-bond donors (Lipinski definition) is 3. The molecule has 1 amide bonds. The molecule has 0 saturated heterocycles. The number of carboxylic acid groups (broad SMARTS) is 1. The Morgan fingerprint density at radius 1 is 1.35 bits per heavy atom. The number of carboxylic acids is 1. The number of nitrogens with one attached hydrogen (secondary N) is 1. The summed E-state index contributed by atoms with van der Waals surface area (Å²) in [6.07, 6.45) is 0.632. The first kappa shape index (κ1) is 17.5. The number of rotatable bonds is 5. The molecule has 2 unspecified atom stereocenters. The van der Waals surface area contributed by atoms with Crippen LogP contribution in [-0.4, -0.2) is 28.1 Å². The van der Waals surface area contributed by atoms with Crippen molar-refractivity contribution in [1.82, 2.24) is 5.32 Å². The molecule has 5 nitrogen and oxygen atoms in total. The van der Waals surface area contributed by atoms with Crippen LogP contribution in [0.2, 0.25) is 0 Å². The lowest BCUT2D eigenvalue weighted by Crippen LogP contribution is -2.45. The number of phenols is 1. The largest absolute Gasteiger partial charge is 0.506 e. The van der Waals surface area contributed by atoms with Crippen LogP contribution in [-0.2, 0) is 4.79 Å². The van der Waals surface area contributed by atoms with Crippen molar-refractivity contribution in [2.24, 2.45) is 5.92 Å². The summed E-state index contributed by atoms with van der Waals surface area (Å²) in [5.41, 5.74) is 0.0934. The average molecular weight is 503 g/mol. The van der Waals surface area contributed by atoms with Crippen LogP contribution in [0.15, 0.2) is 12.1 Å². The van der Waals surface area contributed by atoms with Gasteiger partial charge in [0.05, 0.1) is 9.13 Å². The molecule has 0 bridgehead atoms. The summed E-state index contributed by atoms with van der Waals surface area (Å²) in [5.74, 6) is -1.98. The maximum atomic E-state index is 12.2. The maximum absolute atomic E-state index is 12.2. The van der Waals surface area contributed by atoms with Gasteiger partial charge in [0.1, 0.15) is 11.8 Å². The zero-order valence-electron chi connectivity index (χ0n) is 11.0. The molecule has 7 heteroatoms. The number of carbonyl (C=O) groups is 2. The van der Waals surface area contributed by atoms with E-state index >= 15 is 0 Å². The Hall–Kier alpha value is -0.580. The molecule has 0 spiro atoms. The quantitative estimate of drug-likeness (QED) is 0.540. The number of aromatic hydroxyl groups is 1. The molecule has 110 valence electrons. The van der Waals surface area contributed by atoms with Gasteiger partial charge in [0.2, 0.25) is 0 Å². The summed E-state index contributed by atoms with van der Waals surface area (Å²) < 4.78 is 1.35. The van der Waals surface area contributed by atoms with E-state index in [9.17, 15) is 14.7 Å². The van der Waals surface area contributed by atoms with Crippen molar-refractivity contribution in [2.75, 3.05) is 0 Å². The molecule has 0 aromatic heterocycles. The zero-order chi connectivity index (χ0) is 15.4. The van der Waals surface area contributed by atoms with Crippen LogP contribution < -0.4 is 5.32 Å². The number of halogens is 2. The van der Waals surface area contributed by atoms with E-state index in [-0.39, 0.29) is 17.2 Å². The molecule has 0 fully saturated rings. The summed E-state index contributed by atoms with van der Waals surface area (Å²) in [6, 6.07) is 2.29. The van der Waals surface area contributed by atoms with Gasteiger partial charge < -0.3 is 15.5 Å². The predicted molar refractivity (Wildman–Crippen MR) is 91.9 cm³/mol. The molecule has 20 heavy (non-hydrogen) atoms. The van der Waals surface area contributed by atoms with Crippen LogP contribution in [0.1, 0.15) is 30.6 Å². The van der Waals surface area contributed by atoms with E-state index in [4.69, 9.17) is 5.11 Å². The van der Waals surface area contributed by atoms with Gasteiger partial charge in [-0.15, -0.1) is 0 Å². The molecule has 0 radical (unpaired) electrons. The Labute approximate surface area is 144 Å². The summed E-state index contributed by atoms with van der Waals surface area (Å²) in [4.78, 5) is 23.4. The van der Waals surface area contributed by atoms with Crippen molar-refractivity contribution >= 4 is 57.1 Å². The number of amides is 1. The van der Waals surface area contributed by atoms with Crippen LogP contribution in [0, 0.1) is 13.1 Å². The Morgan fingerprint density at radius 3 is 2.45 bits per heavy atom. The van der Waals surface area contributed by atoms with Crippen LogP contribution in [0.5, 0.6) is 5.75 Å². The highest BCUT2D eigenvalue weighted by Gasteiger charge is 2.27. The number of phenolic OH excluding ortho intramolecular Hbond substituents is 1. The summed E-state index contributed by atoms with van der Waals surface area (Å²) in [7, 11) is 0. The van der Waals surface area contributed by atoms with Gasteiger partial charge in [0.15, 0.2) is 0 Å². The molecule has 0 heterocycles. The molecule has 0 aliphatic rings. The van der Waals surface area contributed by atoms with Gasteiger partial charge in [-0.05, 0) is 63.2 Å². The molecular weight excluding hydrogens is 488 g/mol. The Bertz CT molecular complexity index is 533. The average Bonchev–Trinajstić information content (AvgIpc) is 2.38. The Morgan fingerprint density at radius 2 is 1.95 bits per heavy atom. The highest BCUT2D eigenvalue weighted by Crippen LogP contribution is 2.27. The minimum absolute atomic E-state index is 0.0934. The molecular formula is C13H15I2NO4. The van der Waals surface area contributed by atoms with Crippen molar-refractivity contribution in [3.63, 3.8) is 0 Å². The molecule has 0 aliphatic carbocycles. The van der Waals surface area contributed by atoms with Crippen LogP contribution in [0.4, 0.5) is 0 Å². The Balaban J connectivity index is 3.04. The van der Waals surface area contributed by atoms with Crippen molar-refractivity contribution in [1.29, 1.82) is 0 Å². The van der Waals surface area contributed by atoms with E-state index < -0.39 is 17.9 Å².